The summed E-state index contributed by atoms with van der Waals surface area (Å²) in [5.74, 6) is 0.924. The number of benzene rings is 2. The number of nitrogens with zero attached hydrogens (tertiary/aromatic N) is 3. The zero-order valence-electron chi connectivity index (χ0n) is 16.1. The van der Waals surface area contributed by atoms with Crippen molar-refractivity contribution in [3.8, 4) is 5.75 Å². The van der Waals surface area contributed by atoms with Crippen LogP contribution in [0.1, 0.15) is 5.56 Å². The van der Waals surface area contributed by atoms with Crippen LogP contribution in [0, 0.1) is 0 Å². The van der Waals surface area contributed by atoms with Crippen LogP contribution in [0.25, 0.3) is 6.08 Å². The number of anilines is 2. The van der Waals surface area contributed by atoms with E-state index in [1.807, 2.05) is 6.07 Å². The highest BCUT2D eigenvalue weighted by atomic mass is 16.5. The van der Waals surface area contributed by atoms with Crippen LogP contribution < -0.4 is 14.5 Å². The Morgan fingerprint density at radius 3 is 2.38 bits per heavy atom. The second-order valence-electron chi connectivity index (χ2n) is 6.88. The van der Waals surface area contributed by atoms with Crippen molar-refractivity contribution in [2.75, 3.05) is 63.7 Å². The molecule has 2 aromatic carbocycles. The minimum absolute atomic E-state index is 0.924. The fraction of sp³-hybridized carbons (Fsp3) is 0.364. The zero-order valence-corrected chi connectivity index (χ0v) is 16.1. The van der Waals surface area contributed by atoms with Crippen LogP contribution in [-0.4, -0.2) is 58.8 Å². The van der Waals surface area contributed by atoms with E-state index in [-0.39, 0.29) is 0 Å². The lowest BCUT2D eigenvalue weighted by Crippen LogP contribution is -2.46. The quantitative estimate of drug-likeness (QED) is 0.791. The van der Waals surface area contributed by atoms with Gasteiger partial charge in [-0.1, -0.05) is 30.4 Å². The molecule has 1 fully saturated rings. The lowest BCUT2D eigenvalue weighted by atomic mass is 10.2. The summed E-state index contributed by atoms with van der Waals surface area (Å²) in [6, 6.07) is 17.0. The predicted octanol–water partition coefficient (Wildman–Crippen LogP) is 3.60. The molecule has 0 N–H and O–H groups in total. The topological polar surface area (TPSA) is 19.0 Å². The SMILES string of the molecule is COc1cccc(N2CCN(CC=Cc3ccc(N(C)C)cc3)CC2)c1. The molecule has 1 heterocycles. The fourth-order valence-electron chi connectivity index (χ4n) is 3.22. The van der Waals surface area contributed by atoms with Gasteiger partial charge in [-0.15, -0.1) is 0 Å². The van der Waals surface area contributed by atoms with E-state index in [2.05, 4.69) is 83.4 Å². The maximum absolute atomic E-state index is 5.33. The molecule has 0 bridgehead atoms. The molecule has 1 saturated heterocycles. The molecule has 0 spiro atoms. The molecule has 0 unspecified atom stereocenters. The molecule has 0 aromatic heterocycles. The summed E-state index contributed by atoms with van der Waals surface area (Å²) in [5.41, 5.74) is 3.74. The first-order valence-electron chi connectivity index (χ1n) is 9.21. The van der Waals surface area contributed by atoms with Crippen molar-refractivity contribution < 1.29 is 4.74 Å². The average molecular weight is 351 g/mol. The van der Waals surface area contributed by atoms with Gasteiger partial charge in [-0.05, 0) is 29.8 Å². The van der Waals surface area contributed by atoms with Crippen LogP contribution in [-0.2, 0) is 0 Å². The van der Waals surface area contributed by atoms with Crippen molar-refractivity contribution in [1.82, 2.24) is 4.90 Å². The first-order chi connectivity index (χ1) is 12.7. The van der Waals surface area contributed by atoms with Gasteiger partial charge in [0.05, 0.1) is 7.11 Å². The molecule has 26 heavy (non-hydrogen) atoms. The van der Waals surface area contributed by atoms with Crippen LogP contribution >= 0.6 is 0 Å². The van der Waals surface area contributed by atoms with E-state index in [9.17, 15) is 0 Å². The highest BCUT2D eigenvalue weighted by Gasteiger charge is 2.16. The summed E-state index contributed by atoms with van der Waals surface area (Å²) in [6.07, 6.45) is 4.49. The van der Waals surface area contributed by atoms with Gasteiger partial charge >= 0.3 is 0 Å². The second-order valence-corrected chi connectivity index (χ2v) is 6.88. The largest absolute Gasteiger partial charge is 0.497 e. The molecule has 138 valence electrons. The Balaban J connectivity index is 1.47. The highest BCUT2D eigenvalue weighted by molar-refractivity contribution is 5.55. The average Bonchev–Trinajstić information content (AvgIpc) is 2.69. The normalized spacial score (nSPS) is 15.4. The molecule has 3 rings (SSSR count). The van der Waals surface area contributed by atoms with Crippen molar-refractivity contribution in [2.45, 2.75) is 0 Å². The summed E-state index contributed by atoms with van der Waals surface area (Å²) in [7, 11) is 5.85. The minimum atomic E-state index is 0.924. The van der Waals surface area contributed by atoms with Gasteiger partial charge in [0.1, 0.15) is 5.75 Å². The van der Waals surface area contributed by atoms with Crippen molar-refractivity contribution in [2.24, 2.45) is 0 Å². The van der Waals surface area contributed by atoms with Crippen LogP contribution in [0.5, 0.6) is 5.75 Å². The van der Waals surface area contributed by atoms with Crippen LogP contribution in [0.15, 0.2) is 54.6 Å². The molecule has 2 aromatic rings. The first-order valence-corrected chi connectivity index (χ1v) is 9.21. The third kappa shape index (κ3) is 4.79. The van der Waals surface area contributed by atoms with Crippen LogP contribution in [0.3, 0.4) is 0 Å². The molecular formula is C22H29N3O. The summed E-state index contributed by atoms with van der Waals surface area (Å²) in [6.45, 7) is 5.28. The molecule has 0 aliphatic carbocycles. The van der Waals surface area contributed by atoms with Gasteiger partial charge in [0, 0.05) is 64.3 Å². The van der Waals surface area contributed by atoms with Gasteiger partial charge < -0.3 is 14.5 Å². The molecular weight excluding hydrogens is 322 g/mol. The summed E-state index contributed by atoms with van der Waals surface area (Å²) in [5, 5.41) is 0. The number of rotatable bonds is 6. The maximum atomic E-state index is 5.33. The van der Waals surface area contributed by atoms with E-state index in [1.165, 1.54) is 16.9 Å². The predicted molar refractivity (Wildman–Crippen MR) is 111 cm³/mol. The Bertz CT molecular complexity index is 716. The van der Waals surface area contributed by atoms with Gasteiger partial charge in [0.2, 0.25) is 0 Å². The van der Waals surface area contributed by atoms with E-state index in [0.717, 1.165) is 38.5 Å². The van der Waals surface area contributed by atoms with Crippen molar-refractivity contribution in [1.29, 1.82) is 0 Å². The molecule has 0 saturated carbocycles. The maximum Gasteiger partial charge on any atom is 0.120 e. The first kappa shape index (κ1) is 18.3. The lowest BCUT2D eigenvalue weighted by molar-refractivity contribution is 0.284. The molecule has 0 atom stereocenters. The lowest BCUT2D eigenvalue weighted by Gasteiger charge is -2.35. The summed E-state index contributed by atoms with van der Waals surface area (Å²) in [4.78, 5) is 7.05. The van der Waals surface area contributed by atoms with Gasteiger partial charge in [0.15, 0.2) is 0 Å². The third-order valence-electron chi connectivity index (χ3n) is 4.87. The van der Waals surface area contributed by atoms with Crippen molar-refractivity contribution in [3.63, 3.8) is 0 Å². The zero-order chi connectivity index (χ0) is 18.4. The number of methoxy groups -OCH3 is 1. The van der Waals surface area contributed by atoms with E-state index in [4.69, 9.17) is 4.74 Å². The third-order valence-corrected chi connectivity index (χ3v) is 4.87. The van der Waals surface area contributed by atoms with Gasteiger partial charge in [-0.2, -0.15) is 0 Å². The minimum Gasteiger partial charge on any atom is -0.497 e. The Morgan fingerprint density at radius 1 is 1.00 bits per heavy atom. The van der Waals surface area contributed by atoms with Gasteiger partial charge in [0.25, 0.3) is 0 Å². The Hall–Kier alpha value is -2.46. The Labute approximate surface area is 157 Å². The smallest absolute Gasteiger partial charge is 0.120 e. The van der Waals surface area contributed by atoms with E-state index < -0.39 is 0 Å². The molecule has 0 amide bonds. The van der Waals surface area contributed by atoms with Gasteiger partial charge in [-0.3, -0.25) is 4.90 Å². The standard InChI is InChI=1S/C22H29N3O/c1-23(2)20-11-9-19(10-12-20)6-5-13-24-14-16-25(17-15-24)21-7-4-8-22(18-21)26-3/h4-12,18H,13-17H2,1-3H3. The second kappa shape index (κ2) is 8.77. The van der Waals surface area contributed by atoms with Gasteiger partial charge in [-0.25, -0.2) is 0 Å². The number of hydrogen-bond donors (Lipinski definition) is 0. The fourth-order valence-corrected chi connectivity index (χ4v) is 3.22. The highest BCUT2D eigenvalue weighted by Crippen LogP contribution is 2.22. The van der Waals surface area contributed by atoms with E-state index in [0.29, 0.717) is 0 Å². The Morgan fingerprint density at radius 2 is 1.73 bits per heavy atom. The number of hydrogen-bond acceptors (Lipinski definition) is 4. The van der Waals surface area contributed by atoms with Crippen molar-refractivity contribution >= 4 is 17.5 Å². The molecule has 1 aliphatic rings. The van der Waals surface area contributed by atoms with Crippen molar-refractivity contribution in [3.05, 3.63) is 60.2 Å². The molecule has 1 aliphatic heterocycles. The molecule has 0 radical (unpaired) electrons. The Kier molecular flexibility index (Phi) is 6.18. The van der Waals surface area contributed by atoms with E-state index >= 15 is 0 Å². The molecule has 4 nitrogen and oxygen atoms in total. The summed E-state index contributed by atoms with van der Waals surface area (Å²) < 4.78 is 5.33. The number of piperazine rings is 1. The number of ether oxygens (including phenoxy) is 1. The van der Waals surface area contributed by atoms with Crippen LogP contribution in [0.2, 0.25) is 0 Å². The molecule has 4 heteroatoms. The van der Waals surface area contributed by atoms with Crippen LogP contribution in [0.4, 0.5) is 11.4 Å². The monoisotopic (exact) mass is 351 g/mol. The summed E-state index contributed by atoms with van der Waals surface area (Å²) >= 11 is 0. The van der Waals surface area contributed by atoms with E-state index in [1.54, 1.807) is 7.11 Å².